The van der Waals surface area contributed by atoms with E-state index in [-0.39, 0.29) is 36.3 Å². The summed E-state index contributed by atoms with van der Waals surface area (Å²) in [4.78, 5) is 47.6. The number of anilines is 2. The number of benzene rings is 1. The lowest BCUT2D eigenvalue weighted by atomic mass is 10.1. The molecule has 0 aliphatic carbocycles. The highest BCUT2D eigenvalue weighted by Gasteiger charge is 2.36. The number of H-pyrrole nitrogens is 1. The molecule has 1 saturated heterocycles. The third kappa shape index (κ3) is 4.57. The van der Waals surface area contributed by atoms with Crippen LogP contribution in [0.3, 0.4) is 0 Å². The lowest BCUT2D eigenvalue weighted by Crippen LogP contribution is -2.29. The van der Waals surface area contributed by atoms with Gasteiger partial charge in [0, 0.05) is 36.0 Å². The lowest BCUT2D eigenvalue weighted by Gasteiger charge is -2.18. The van der Waals surface area contributed by atoms with E-state index in [1.807, 2.05) is 39.0 Å². The van der Waals surface area contributed by atoms with Gasteiger partial charge in [-0.1, -0.05) is 13.0 Å². The molecule has 190 valence electrons. The fourth-order valence-electron chi connectivity index (χ4n) is 4.54. The molecule has 1 aromatic carbocycles. The summed E-state index contributed by atoms with van der Waals surface area (Å²) in [5, 5.41) is 7.43. The summed E-state index contributed by atoms with van der Waals surface area (Å²) in [6, 6.07) is 11.0. The van der Waals surface area contributed by atoms with Crippen LogP contribution in [0.25, 0.3) is 17.4 Å². The molecule has 4 heterocycles. The molecule has 1 aliphatic rings. The van der Waals surface area contributed by atoms with Crippen LogP contribution in [0, 0.1) is 26.7 Å². The topological polar surface area (TPSA) is 126 Å². The Morgan fingerprint density at radius 3 is 2.65 bits per heavy atom. The first-order valence-electron chi connectivity index (χ1n) is 12.2. The van der Waals surface area contributed by atoms with Crippen molar-refractivity contribution in [2.24, 2.45) is 5.92 Å². The van der Waals surface area contributed by atoms with Gasteiger partial charge in [-0.2, -0.15) is 9.78 Å². The van der Waals surface area contributed by atoms with Gasteiger partial charge in [-0.3, -0.25) is 19.4 Å². The van der Waals surface area contributed by atoms with E-state index in [9.17, 15) is 14.4 Å². The number of hydrogen-bond acceptors (Lipinski definition) is 6. The molecule has 0 spiro atoms. The van der Waals surface area contributed by atoms with Gasteiger partial charge in [0.15, 0.2) is 5.76 Å². The normalized spacial score (nSPS) is 15.4. The number of aromatic nitrogens is 4. The van der Waals surface area contributed by atoms with Crippen molar-refractivity contribution in [3.8, 4) is 17.4 Å². The van der Waals surface area contributed by atoms with Crippen molar-refractivity contribution in [2.75, 3.05) is 16.8 Å². The summed E-state index contributed by atoms with van der Waals surface area (Å²) in [5.74, 6) is -0.00966. The van der Waals surface area contributed by atoms with E-state index >= 15 is 0 Å². The second kappa shape index (κ2) is 9.53. The maximum Gasteiger partial charge on any atom is 0.255 e. The van der Waals surface area contributed by atoms with Crippen molar-refractivity contribution in [3.63, 3.8) is 0 Å². The van der Waals surface area contributed by atoms with Crippen molar-refractivity contribution in [2.45, 2.75) is 40.5 Å². The van der Waals surface area contributed by atoms with E-state index in [2.05, 4.69) is 20.4 Å². The molecule has 2 amide bonds. The molecule has 2 N–H and O–H groups in total. The predicted molar refractivity (Wildman–Crippen MR) is 139 cm³/mol. The van der Waals surface area contributed by atoms with Gasteiger partial charge in [-0.15, -0.1) is 0 Å². The number of carbonyl (C=O) groups excluding carboxylic acids is 2. The highest BCUT2D eigenvalue weighted by molar-refractivity contribution is 6.03. The summed E-state index contributed by atoms with van der Waals surface area (Å²) in [6.07, 6.45) is 2.16. The fraction of sp³-hybridized carbons (Fsp3) is 0.296. The van der Waals surface area contributed by atoms with Gasteiger partial charge >= 0.3 is 0 Å². The molecule has 0 saturated carbocycles. The zero-order valence-electron chi connectivity index (χ0n) is 21.2. The van der Waals surface area contributed by atoms with E-state index in [4.69, 9.17) is 4.42 Å². The molecule has 1 fully saturated rings. The number of furan rings is 1. The second-order valence-electron chi connectivity index (χ2n) is 9.27. The van der Waals surface area contributed by atoms with Crippen LogP contribution < -0.4 is 15.8 Å². The summed E-state index contributed by atoms with van der Waals surface area (Å²) >= 11 is 0. The molecule has 10 nitrogen and oxygen atoms in total. The third-order valence-electron chi connectivity index (χ3n) is 6.80. The minimum Gasteiger partial charge on any atom is -0.463 e. The first-order valence-corrected chi connectivity index (χ1v) is 12.2. The fourth-order valence-corrected chi connectivity index (χ4v) is 4.54. The van der Waals surface area contributed by atoms with Gasteiger partial charge in [-0.25, -0.2) is 4.98 Å². The molecule has 3 aromatic heterocycles. The zero-order valence-corrected chi connectivity index (χ0v) is 21.2. The Labute approximate surface area is 213 Å². The quantitative estimate of drug-likeness (QED) is 0.416. The van der Waals surface area contributed by atoms with Crippen molar-refractivity contribution < 1.29 is 14.0 Å². The number of aryl methyl sites for hydroxylation is 3. The first kappa shape index (κ1) is 24.2. The molecule has 5 rings (SSSR count). The highest BCUT2D eigenvalue weighted by atomic mass is 16.3. The number of aromatic amines is 1. The summed E-state index contributed by atoms with van der Waals surface area (Å²) in [7, 11) is 0. The molecular weight excluding hydrogens is 472 g/mol. The van der Waals surface area contributed by atoms with E-state index in [1.165, 1.54) is 10.9 Å². The Bertz CT molecular complexity index is 1550. The Morgan fingerprint density at radius 1 is 1.16 bits per heavy atom. The average Bonchev–Trinajstić information content (AvgIpc) is 3.61. The van der Waals surface area contributed by atoms with Crippen LogP contribution in [0.4, 0.5) is 11.5 Å². The second-order valence-corrected chi connectivity index (χ2v) is 9.27. The van der Waals surface area contributed by atoms with Crippen LogP contribution in [-0.4, -0.2) is 38.1 Å². The highest BCUT2D eigenvalue weighted by Crippen LogP contribution is 2.29. The summed E-state index contributed by atoms with van der Waals surface area (Å²) in [5.41, 5.74) is 4.37. The van der Waals surface area contributed by atoms with Crippen LogP contribution in [0.1, 0.15) is 35.7 Å². The van der Waals surface area contributed by atoms with E-state index in [1.54, 1.807) is 30.0 Å². The van der Waals surface area contributed by atoms with Gasteiger partial charge in [-0.05, 0) is 62.6 Å². The van der Waals surface area contributed by atoms with Gasteiger partial charge in [0.05, 0.1) is 12.2 Å². The number of rotatable bonds is 6. The SMILES string of the molecule is CCc1c(C)nc(-n2nc(-c3ccco3)cc2NC(=O)C2CC(=O)N(c3ccc(C)c(C)c3)C2)[nH]c1=O. The zero-order chi connectivity index (χ0) is 26.3. The van der Waals surface area contributed by atoms with Crippen LogP contribution in [0.15, 0.2) is 51.9 Å². The van der Waals surface area contributed by atoms with Crippen LogP contribution >= 0.6 is 0 Å². The number of amides is 2. The van der Waals surface area contributed by atoms with Crippen LogP contribution in [-0.2, 0) is 16.0 Å². The largest absolute Gasteiger partial charge is 0.463 e. The Balaban J connectivity index is 1.45. The van der Waals surface area contributed by atoms with Gasteiger partial charge in [0.25, 0.3) is 5.56 Å². The van der Waals surface area contributed by atoms with Crippen LogP contribution in [0.5, 0.6) is 0 Å². The van der Waals surface area contributed by atoms with Gasteiger partial charge in [0.2, 0.25) is 17.8 Å². The van der Waals surface area contributed by atoms with E-state index in [0.717, 1.165) is 16.8 Å². The maximum absolute atomic E-state index is 13.3. The minimum atomic E-state index is -0.555. The maximum atomic E-state index is 13.3. The molecule has 0 radical (unpaired) electrons. The number of carbonyl (C=O) groups is 2. The standard InChI is InChI=1S/C27H28N6O4/c1-5-20-17(4)28-27(30-26(20)36)33-23(13-21(31-33)22-7-6-10-37-22)29-25(35)18-12-24(34)32(14-18)19-9-8-15(2)16(3)11-19/h6-11,13,18H,5,12,14H2,1-4H3,(H,29,35)(H,28,30,36). The Kier molecular flexibility index (Phi) is 6.24. The molecule has 1 aliphatic heterocycles. The van der Waals surface area contributed by atoms with Gasteiger partial charge in [0.1, 0.15) is 11.5 Å². The smallest absolute Gasteiger partial charge is 0.255 e. The Morgan fingerprint density at radius 2 is 1.97 bits per heavy atom. The van der Waals surface area contributed by atoms with Crippen molar-refractivity contribution in [1.29, 1.82) is 0 Å². The molecule has 1 atom stereocenters. The number of nitrogens with zero attached hydrogens (tertiary/aromatic N) is 4. The van der Waals surface area contributed by atoms with E-state index in [0.29, 0.717) is 35.0 Å². The van der Waals surface area contributed by atoms with Crippen molar-refractivity contribution in [1.82, 2.24) is 19.7 Å². The van der Waals surface area contributed by atoms with Gasteiger partial charge < -0.3 is 14.6 Å². The molecule has 4 aromatic rings. The number of nitrogens with one attached hydrogen (secondary N) is 2. The monoisotopic (exact) mass is 500 g/mol. The third-order valence-corrected chi connectivity index (χ3v) is 6.80. The lowest BCUT2D eigenvalue weighted by molar-refractivity contribution is -0.122. The summed E-state index contributed by atoms with van der Waals surface area (Å²) in [6.45, 7) is 7.93. The molecule has 1 unspecified atom stereocenters. The Hall–Kier alpha value is -4.47. The summed E-state index contributed by atoms with van der Waals surface area (Å²) < 4.78 is 6.85. The molecule has 10 heteroatoms. The number of hydrogen-bond donors (Lipinski definition) is 2. The van der Waals surface area contributed by atoms with Crippen molar-refractivity contribution >= 4 is 23.3 Å². The molecule has 0 bridgehead atoms. The minimum absolute atomic E-state index is 0.0946. The van der Waals surface area contributed by atoms with E-state index < -0.39 is 5.92 Å². The average molecular weight is 501 g/mol. The first-order chi connectivity index (χ1) is 17.7. The predicted octanol–water partition coefficient (Wildman–Crippen LogP) is 3.69. The van der Waals surface area contributed by atoms with Crippen molar-refractivity contribution in [3.05, 3.63) is 75.4 Å². The molecule has 37 heavy (non-hydrogen) atoms. The van der Waals surface area contributed by atoms with Crippen LogP contribution in [0.2, 0.25) is 0 Å². The molecular formula is C27H28N6O4.